The second-order valence-corrected chi connectivity index (χ2v) is 13.0. The standard InChI is InChI=1S/C30H38N6O.C6H10O.C4H10.C2H6/c1-7-10-26(23-17-30(8-2,9-3)18-23)22(5)29(33-19-31-6)35-24-11-12-27(21(4)15-24)37-25-13-14-36-28(16-25)32-20-34-36;1-3-4-5-6(2)7;1-4(2)3;1-2/h7,10-16,19-20,23H,8-9,17-18H2,1-6H3,(H,31,33,35);4-5H,3H2,1-2H3;4H,1-3H3;1-2H3/b10-7-,26-22-;5-4+;;. The van der Waals surface area contributed by atoms with Gasteiger partial charge in [-0.25, -0.2) is 14.5 Å². The molecule has 2 aromatic heterocycles. The third-order valence-corrected chi connectivity index (χ3v) is 8.24. The zero-order chi connectivity index (χ0) is 37.7. The van der Waals surface area contributed by atoms with Gasteiger partial charge in [-0.1, -0.05) is 86.5 Å². The second-order valence-electron chi connectivity index (χ2n) is 13.0. The van der Waals surface area contributed by atoms with Crippen LogP contribution in [0.1, 0.15) is 114 Å². The van der Waals surface area contributed by atoms with E-state index < -0.39 is 0 Å². The molecule has 2 heterocycles. The SMILES string of the molecule is C/C=C\C(=C(/C)C(=NC=NC)Nc1ccc(Oc2ccn3ncnc3c2)c(C)c1)C1CC(CC)(CC)C1.CC.CC(C)C.CC/C=C/C(C)=O. The minimum absolute atomic E-state index is 0.127. The largest absolute Gasteiger partial charge is 0.457 e. The highest BCUT2D eigenvalue weighted by Gasteiger charge is 2.42. The Kier molecular flexibility index (Phi) is 20.2. The molecule has 1 fully saturated rings. The molecule has 0 unspecified atom stereocenters. The summed E-state index contributed by atoms with van der Waals surface area (Å²) in [6, 6.07) is 9.82. The van der Waals surface area contributed by atoms with Gasteiger partial charge in [0.1, 0.15) is 30.0 Å². The van der Waals surface area contributed by atoms with Gasteiger partial charge in [-0.05, 0) is 111 Å². The number of ketones is 1. The molecule has 1 aliphatic rings. The Morgan fingerprint density at radius 3 is 2.26 bits per heavy atom. The van der Waals surface area contributed by atoms with E-state index in [1.807, 2.05) is 64.2 Å². The van der Waals surface area contributed by atoms with Gasteiger partial charge in [-0.2, -0.15) is 5.10 Å². The maximum absolute atomic E-state index is 10.1. The number of pyridine rings is 1. The molecule has 274 valence electrons. The quantitative estimate of drug-likeness (QED) is 0.0939. The zero-order valence-electron chi connectivity index (χ0n) is 33.2. The molecule has 0 spiro atoms. The summed E-state index contributed by atoms with van der Waals surface area (Å²) >= 11 is 0. The Balaban J connectivity index is 0.000000826. The lowest BCUT2D eigenvalue weighted by Crippen LogP contribution is -2.37. The number of fused-ring (bicyclic) bond motifs is 1. The van der Waals surface area contributed by atoms with E-state index in [0.717, 1.165) is 52.1 Å². The fraction of sp³-hybridized carbons (Fsp3) is 0.500. The molecule has 0 bridgehead atoms. The second kappa shape index (κ2) is 23.1. The third kappa shape index (κ3) is 14.3. The van der Waals surface area contributed by atoms with Crippen LogP contribution in [-0.2, 0) is 4.79 Å². The molecule has 0 saturated heterocycles. The number of nitrogens with one attached hydrogen (secondary N) is 1. The first-order chi connectivity index (χ1) is 23.9. The van der Waals surface area contributed by atoms with Gasteiger partial charge in [0.25, 0.3) is 0 Å². The first kappa shape index (κ1) is 43.7. The van der Waals surface area contributed by atoms with Crippen molar-refractivity contribution in [2.75, 3.05) is 12.4 Å². The Labute approximate surface area is 303 Å². The van der Waals surface area contributed by atoms with Gasteiger partial charge in [-0.3, -0.25) is 9.79 Å². The molecule has 1 N–H and O–H groups in total. The summed E-state index contributed by atoms with van der Waals surface area (Å²) < 4.78 is 7.85. The normalized spacial score (nSPS) is 14.7. The number of allylic oxidation sites excluding steroid dienone is 5. The number of amidine groups is 1. The molecule has 1 aliphatic carbocycles. The van der Waals surface area contributed by atoms with Crippen LogP contribution >= 0.6 is 0 Å². The van der Waals surface area contributed by atoms with Crippen LogP contribution in [0.3, 0.4) is 0 Å². The van der Waals surface area contributed by atoms with Gasteiger partial charge in [0.05, 0.1) is 0 Å². The average molecular weight is 685 g/mol. The number of aromatic nitrogens is 3. The maximum atomic E-state index is 10.1. The lowest BCUT2D eigenvalue weighted by molar-refractivity contribution is -0.112. The number of anilines is 1. The molecule has 0 radical (unpaired) electrons. The topological polar surface area (TPSA) is 93.2 Å². The van der Waals surface area contributed by atoms with Crippen LogP contribution < -0.4 is 10.1 Å². The van der Waals surface area contributed by atoms with Gasteiger partial charge in [0.2, 0.25) is 0 Å². The Morgan fingerprint density at radius 2 is 1.74 bits per heavy atom. The van der Waals surface area contributed by atoms with E-state index in [2.05, 4.69) is 92.1 Å². The van der Waals surface area contributed by atoms with Gasteiger partial charge in [-0.15, -0.1) is 0 Å². The van der Waals surface area contributed by atoms with Crippen molar-refractivity contribution in [1.82, 2.24) is 14.6 Å². The van der Waals surface area contributed by atoms with Crippen LogP contribution in [0.2, 0.25) is 0 Å². The van der Waals surface area contributed by atoms with E-state index >= 15 is 0 Å². The van der Waals surface area contributed by atoms with Crippen LogP contribution in [-0.4, -0.2) is 39.6 Å². The van der Waals surface area contributed by atoms with Crippen molar-refractivity contribution < 1.29 is 9.53 Å². The summed E-state index contributed by atoms with van der Waals surface area (Å²) in [7, 11) is 1.74. The van der Waals surface area contributed by atoms with Gasteiger partial charge < -0.3 is 10.1 Å². The number of benzene rings is 1. The summed E-state index contributed by atoms with van der Waals surface area (Å²) in [6.07, 6.45) is 18.7. The van der Waals surface area contributed by atoms with Crippen molar-refractivity contribution >= 4 is 29.3 Å². The van der Waals surface area contributed by atoms with E-state index in [0.29, 0.717) is 11.3 Å². The van der Waals surface area contributed by atoms with E-state index in [1.165, 1.54) is 37.6 Å². The number of aryl methyl sites for hydroxylation is 1. The number of hydrogen-bond donors (Lipinski definition) is 1. The molecular formula is C42H64N6O2. The molecule has 50 heavy (non-hydrogen) atoms. The maximum Gasteiger partial charge on any atom is 0.158 e. The number of aliphatic imine (C=N–C) groups is 2. The number of nitrogens with zero attached hydrogens (tertiary/aromatic N) is 5. The molecular weight excluding hydrogens is 621 g/mol. The number of hydrogen-bond acceptors (Lipinski definition) is 5. The van der Waals surface area contributed by atoms with Crippen molar-refractivity contribution in [3.05, 3.63) is 83.9 Å². The molecule has 8 nitrogen and oxygen atoms in total. The average Bonchev–Trinajstić information content (AvgIpc) is 3.55. The fourth-order valence-corrected chi connectivity index (χ4v) is 5.50. The fourth-order valence-electron chi connectivity index (χ4n) is 5.50. The van der Waals surface area contributed by atoms with E-state index in [9.17, 15) is 4.79 Å². The van der Waals surface area contributed by atoms with Crippen molar-refractivity contribution in [2.24, 2.45) is 27.2 Å². The molecule has 4 rings (SSSR count). The Morgan fingerprint density at radius 1 is 1.08 bits per heavy atom. The van der Waals surface area contributed by atoms with Gasteiger partial charge in [0, 0.05) is 25.0 Å². The van der Waals surface area contributed by atoms with E-state index in [-0.39, 0.29) is 5.78 Å². The Bertz CT molecular complexity index is 1590. The minimum Gasteiger partial charge on any atom is -0.457 e. The molecule has 0 aliphatic heterocycles. The first-order valence-corrected chi connectivity index (χ1v) is 18.3. The highest BCUT2D eigenvalue weighted by Crippen LogP contribution is 2.54. The molecule has 3 aromatic rings. The van der Waals surface area contributed by atoms with Crippen molar-refractivity contribution in [2.45, 2.75) is 115 Å². The molecule has 8 heteroatoms. The van der Waals surface area contributed by atoms with E-state index in [1.54, 1.807) is 30.9 Å². The van der Waals surface area contributed by atoms with Gasteiger partial charge >= 0.3 is 0 Å². The molecule has 0 atom stereocenters. The predicted octanol–water partition coefficient (Wildman–Crippen LogP) is 11.6. The monoisotopic (exact) mass is 685 g/mol. The van der Waals surface area contributed by atoms with Crippen LogP contribution in [0.5, 0.6) is 11.5 Å². The van der Waals surface area contributed by atoms with Gasteiger partial charge in [0.15, 0.2) is 11.4 Å². The number of rotatable bonds is 11. The zero-order valence-corrected chi connectivity index (χ0v) is 33.2. The molecule has 0 amide bonds. The van der Waals surface area contributed by atoms with Crippen molar-refractivity contribution in [3.63, 3.8) is 0 Å². The summed E-state index contributed by atoms with van der Waals surface area (Å²) in [6.45, 7) is 25.0. The lowest BCUT2D eigenvalue weighted by Gasteiger charge is -2.48. The van der Waals surface area contributed by atoms with Crippen LogP contribution in [0, 0.1) is 24.2 Å². The third-order valence-electron chi connectivity index (χ3n) is 8.24. The first-order valence-electron chi connectivity index (χ1n) is 18.3. The highest BCUT2D eigenvalue weighted by atomic mass is 16.5. The summed E-state index contributed by atoms with van der Waals surface area (Å²) in [5, 5.41) is 7.68. The molecule has 1 saturated carbocycles. The highest BCUT2D eigenvalue weighted by molar-refractivity contribution is 6.11. The number of carbonyl (C=O) groups excluding carboxylic acids is 1. The van der Waals surface area contributed by atoms with Crippen LogP contribution in [0.15, 0.2) is 88.3 Å². The Hall–Kier alpha value is -4.33. The summed E-state index contributed by atoms with van der Waals surface area (Å²) in [5.41, 5.74) is 5.70. The number of carbonyl (C=O) groups is 1. The van der Waals surface area contributed by atoms with E-state index in [4.69, 9.17) is 4.74 Å². The number of ether oxygens (including phenoxy) is 1. The molecule has 1 aromatic carbocycles. The van der Waals surface area contributed by atoms with Crippen LogP contribution in [0.4, 0.5) is 5.69 Å². The smallest absolute Gasteiger partial charge is 0.158 e. The minimum atomic E-state index is 0.127. The van der Waals surface area contributed by atoms with Crippen molar-refractivity contribution in [3.8, 4) is 11.5 Å². The lowest BCUT2D eigenvalue weighted by atomic mass is 9.57. The summed E-state index contributed by atoms with van der Waals surface area (Å²) in [5.74, 6) is 3.84. The predicted molar refractivity (Wildman–Crippen MR) is 215 cm³/mol. The van der Waals surface area contributed by atoms with Crippen LogP contribution in [0.25, 0.3) is 5.65 Å². The van der Waals surface area contributed by atoms with Crippen molar-refractivity contribution in [1.29, 1.82) is 0 Å². The summed E-state index contributed by atoms with van der Waals surface area (Å²) in [4.78, 5) is 23.1.